The lowest BCUT2D eigenvalue weighted by Crippen LogP contribution is -2.28. The van der Waals surface area contributed by atoms with Crippen LogP contribution in [0.5, 0.6) is 0 Å². The van der Waals surface area contributed by atoms with E-state index >= 15 is 0 Å². The summed E-state index contributed by atoms with van der Waals surface area (Å²) < 4.78 is 5.07. The monoisotopic (exact) mass is 200 g/mol. The third-order valence-corrected chi connectivity index (χ3v) is 1.85. The summed E-state index contributed by atoms with van der Waals surface area (Å²) in [6.45, 7) is 3.44. The van der Waals surface area contributed by atoms with E-state index in [-0.39, 0.29) is 12.6 Å². The van der Waals surface area contributed by atoms with Crippen LogP contribution in [0.4, 0.5) is 12.0 Å². The van der Waals surface area contributed by atoms with Crippen molar-refractivity contribution in [1.29, 1.82) is 0 Å². The van der Waals surface area contributed by atoms with Crippen LogP contribution < -0.4 is 10.6 Å². The summed E-state index contributed by atoms with van der Waals surface area (Å²) in [7, 11) is 0. The number of unbranched alkanes of at least 4 members (excludes halogenated alkanes) is 1. The average molecular weight is 200 g/mol. The smallest absolute Gasteiger partial charge is 0.319 e. The zero-order valence-electron chi connectivity index (χ0n) is 8.31. The van der Waals surface area contributed by atoms with Gasteiger partial charge in [-0.1, -0.05) is 23.5 Å². The summed E-state index contributed by atoms with van der Waals surface area (Å²) in [4.78, 5) is 1.83. The van der Waals surface area contributed by atoms with E-state index in [1.54, 1.807) is 0 Å². The highest BCUT2D eigenvalue weighted by Crippen LogP contribution is 2.13. The van der Waals surface area contributed by atoms with Gasteiger partial charge in [-0.25, -0.2) is 0 Å². The SMILES string of the molecule is CCCCN(CCO)c1nnc(N)o1. The Morgan fingerprint density at radius 2 is 2.21 bits per heavy atom. The molecule has 3 N–H and O–H groups in total. The van der Waals surface area contributed by atoms with Gasteiger partial charge in [0.15, 0.2) is 0 Å². The summed E-state index contributed by atoms with van der Waals surface area (Å²) >= 11 is 0. The van der Waals surface area contributed by atoms with Gasteiger partial charge in [0, 0.05) is 13.1 Å². The second-order valence-corrected chi connectivity index (χ2v) is 2.99. The van der Waals surface area contributed by atoms with Crippen LogP contribution in [0.25, 0.3) is 0 Å². The molecule has 6 heteroatoms. The molecule has 0 saturated heterocycles. The van der Waals surface area contributed by atoms with Crippen molar-refractivity contribution in [2.45, 2.75) is 19.8 Å². The number of nitrogens with two attached hydrogens (primary N) is 1. The van der Waals surface area contributed by atoms with E-state index in [9.17, 15) is 0 Å². The Labute approximate surface area is 82.7 Å². The van der Waals surface area contributed by atoms with E-state index in [2.05, 4.69) is 17.1 Å². The molecule has 0 aliphatic heterocycles. The molecule has 0 spiro atoms. The van der Waals surface area contributed by atoms with Gasteiger partial charge in [-0.05, 0) is 6.42 Å². The number of aliphatic hydroxyl groups is 1. The first-order valence-corrected chi connectivity index (χ1v) is 4.72. The number of aliphatic hydroxyl groups excluding tert-OH is 1. The van der Waals surface area contributed by atoms with Crippen LogP contribution in [0.15, 0.2) is 4.42 Å². The third-order valence-electron chi connectivity index (χ3n) is 1.85. The van der Waals surface area contributed by atoms with Crippen LogP contribution in [0, 0.1) is 0 Å². The van der Waals surface area contributed by atoms with Gasteiger partial charge in [-0.2, -0.15) is 0 Å². The second-order valence-electron chi connectivity index (χ2n) is 2.99. The minimum atomic E-state index is 0.0550. The summed E-state index contributed by atoms with van der Waals surface area (Å²) in [6.07, 6.45) is 2.09. The van der Waals surface area contributed by atoms with Crippen molar-refractivity contribution in [3.05, 3.63) is 0 Å². The van der Waals surface area contributed by atoms with E-state index in [4.69, 9.17) is 15.3 Å². The molecule has 0 radical (unpaired) electrons. The molecular formula is C8H16N4O2. The number of hydrogen-bond acceptors (Lipinski definition) is 6. The molecule has 0 amide bonds. The van der Waals surface area contributed by atoms with Crippen LogP contribution in [0.1, 0.15) is 19.8 Å². The number of aromatic nitrogens is 2. The van der Waals surface area contributed by atoms with Crippen molar-refractivity contribution in [2.24, 2.45) is 0 Å². The van der Waals surface area contributed by atoms with Gasteiger partial charge in [-0.15, -0.1) is 0 Å². The molecule has 0 aliphatic rings. The van der Waals surface area contributed by atoms with Crippen molar-refractivity contribution in [3.63, 3.8) is 0 Å². The highest BCUT2D eigenvalue weighted by Gasteiger charge is 2.11. The van der Waals surface area contributed by atoms with Crippen LogP contribution >= 0.6 is 0 Å². The minimum Gasteiger partial charge on any atom is -0.395 e. The Hall–Kier alpha value is -1.30. The summed E-state index contributed by atoms with van der Waals surface area (Å²) in [5.74, 6) is 0. The molecule has 0 atom stereocenters. The maximum absolute atomic E-state index is 8.84. The fraction of sp³-hybridized carbons (Fsp3) is 0.750. The molecule has 14 heavy (non-hydrogen) atoms. The maximum atomic E-state index is 8.84. The predicted molar refractivity (Wildman–Crippen MR) is 52.9 cm³/mol. The molecule has 80 valence electrons. The third kappa shape index (κ3) is 2.88. The first kappa shape index (κ1) is 10.8. The molecule has 1 rings (SSSR count). The molecule has 1 heterocycles. The lowest BCUT2D eigenvalue weighted by molar-refractivity contribution is 0.298. The molecule has 0 bridgehead atoms. The molecule has 0 fully saturated rings. The quantitative estimate of drug-likeness (QED) is 0.684. The van der Waals surface area contributed by atoms with E-state index in [1.807, 2.05) is 4.90 Å². The molecular weight excluding hydrogens is 184 g/mol. The molecule has 6 nitrogen and oxygen atoms in total. The topological polar surface area (TPSA) is 88.4 Å². The number of nitrogen functional groups attached to an aromatic ring is 1. The van der Waals surface area contributed by atoms with Gasteiger partial charge in [0.2, 0.25) is 0 Å². The Bertz CT molecular complexity index is 264. The Kier molecular flexibility index (Phi) is 4.18. The summed E-state index contributed by atoms with van der Waals surface area (Å²) in [5.41, 5.74) is 5.31. The van der Waals surface area contributed by atoms with E-state index in [0.29, 0.717) is 12.6 Å². The van der Waals surface area contributed by atoms with E-state index in [0.717, 1.165) is 19.4 Å². The zero-order valence-corrected chi connectivity index (χ0v) is 8.31. The Morgan fingerprint density at radius 1 is 1.43 bits per heavy atom. The van der Waals surface area contributed by atoms with Crippen molar-refractivity contribution in [3.8, 4) is 0 Å². The molecule has 1 aromatic heterocycles. The number of rotatable bonds is 6. The highest BCUT2D eigenvalue weighted by molar-refractivity contribution is 5.27. The van der Waals surface area contributed by atoms with Crippen LogP contribution in [0.3, 0.4) is 0 Å². The van der Waals surface area contributed by atoms with E-state index in [1.165, 1.54) is 0 Å². The Morgan fingerprint density at radius 3 is 2.71 bits per heavy atom. The highest BCUT2D eigenvalue weighted by atomic mass is 16.4. The van der Waals surface area contributed by atoms with Gasteiger partial charge in [0.05, 0.1) is 6.61 Å². The summed E-state index contributed by atoms with van der Waals surface area (Å²) in [5, 5.41) is 16.2. The average Bonchev–Trinajstić information content (AvgIpc) is 2.59. The van der Waals surface area contributed by atoms with E-state index < -0.39 is 0 Å². The first-order valence-electron chi connectivity index (χ1n) is 4.72. The fourth-order valence-corrected chi connectivity index (χ4v) is 1.13. The van der Waals surface area contributed by atoms with Gasteiger partial charge < -0.3 is 20.2 Å². The predicted octanol–water partition coefficient (Wildman–Crippen LogP) is 0.251. The fourth-order valence-electron chi connectivity index (χ4n) is 1.13. The van der Waals surface area contributed by atoms with Crippen molar-refractivity contribution >= 4 is 12.0 Å². The first-order chi connectivity index (χ1) is 6.77. The van der Waals surface area contributed by atoms with Gasteiger partial charge in [-0.3, -0.25) is 0 Å². The van der Waals surface area contributed by atoms with Gasteiger partial charge in [0.25, 0.3) is 0 Å². The number of anilines is 2. The van der Waals surface area contributed by atoms with Gasteiger partial charge in [0.1, 0.15) is 0 Å². The summed E-state index contributed by atoms with van der Waals surface area (Å²) in [6, 6.07) is 0.435. The lowest BCUT2D eigenvalue weighted by Gasteiger charge is -2.17. The normalized spacial score (nSPS) is 10.4. The molecule has 0 unspecified atom stereocenters. The number of hydrogen-bond donors (Lipinski definition) is 2. The molecule has 0 saturated carbocycles. The molecule has 1 aromatic rings. The molecule has 0 aromatic carbocycles. The lowest BCUT2D eigenvalue weighted by atomic mass is 10.3. The zero-order chi connectivity index (χ0) is 10.4. The number of nitrogens with zero attached hydrogens (tertiary/aromatic N) is 3. The van der Waals surface area contributed by atoms with Gasteiger partial charge >= 0.3 is 12.0 Å². The molecule has 0 aliphatic carbocycles. The second kappa shape index (κ2) is 5.43. The van der Waals surface area contributed by atoms with Crippen LogP contribution in [-0.4, -0.2) is 35.0 Å². The minimum absolute atomic E-state index is 0.0550. The largest absolute Gasteiger partial charge is 0.395 e. The van der Waals surface area contributed by atoms with Crippen LogP contribution in [0.2, 0.25) is 0 Å². The Balaban J connectivity index is 2.57. The van der Waals surface area contributed by atoms with Crippen molar-refractivity contribution in [1.82, 2.24) is 10.2 Å². The standard InChI is InChI=1S/C8H16N4O2/c1-2-3-4-12(5-6-13)8-11-10-7(9)14-8/h13H,2-6H2,1H3,(H2,9,10). The van der Waals surface area contributed by atoms with Crippen molar-refractivity contribution < 1.29 is 9.52 Å². The van der Waals surface area contributed by atoms with Crippen molar-refractivity contribution in [2.75, 3.05) is 30.3 Å². The van der Waals surface area contributed by atoms with Crippen LogP contribution in [-0.2, 0) is 0 Å². The maximum Gasteiger partial charge on any atom is 0.319 e.